The largest absolute Gasteiger partial charge is 0.474 e. The molecule has 4 aromatic rings. The van der Waals surface area contributed by atoms with Gasteiger partial charge in [-0.2, -0.15) is 13.2 Å². The summed E-state index contributed by atoms with van der Waals surface area (Å²) in [4.78, 5) is 14.4. The highest BCUT2D eigenvalue weighted by atomic mass is 32.2. The van der Waals surface area contributed by atoms with Gasteiger partial charge in [0.1, 0.15) is 18.1 Å². The number of anilines is 1. The summed E-state index contributed by atoms with van der Waals surface area (Å²) in [6, 6.07) is 5.30. The number of hydrogen-bond acceptors (Lipinski definition) is 6. The Balaban J connectivity index is 1.64. The van der Waals surface area contributed by atoms with E-state index in [1.54, 1.807) is 18.3 Å². The molecule has 0 unspecified atom stereocenters. The molecule has 0 atom stereocenters. The molecule has 1 aliphatic rings. The van der Waals surface area contributed by atoms with E-state index in [0.717, 1.165) is 12.4 Å². The van der Waals surface area contributed by atoms with Crippen LogP contribution in [0.4, 0.5) is 27.6 Å². The molecule has 3 aromatic heterocycles. The third-order valence-electron chi connectivity index (χ3n) is 4.75. The van der Waals surface area contributed by atoms with Crippen LogP contribution in [0.25, 0.3) is 22.3 Å². The summed E-state index contributed by atoms with van der Waals surface area (Å²) in [5, 5.41) is 0.324. The number of rotatable bonds is 3. The zero-order valence-corrected chi connectivity index (χ0v) is 16.8. The quantitative estimate of drug-likeness (QED) is 0.331. The fraction of sp³-hybridized carbons (Fsp3) is 0.150. The first kappa shape index (κ1) is 20.5. The van der Waals surface area contributed by atoms with E-state index in [1.165, 1.54) is 18.0 Å². The van der Waals surface area contributed by atoms with E-state index in [1.807, 2.05) is 4.31 Å². The number of alkyl halides is 3. The van der Waals surface area contributed by atoms with Gasteiger partial charge >= 0.3 is 6.18 Å². The number of hydrogen-bond donors (Lipinski definition) is 1. The number of aromatic nitrogens is 4. The fourth-order valence-electron chi connectivity index (χ4n) is 3.43. The van der Waals surface area contributed by atoms with Crippen molar-refractivity contribution in [2.45, 2.75) is 11.2 Å². The molecule has 5 rings (SSSR count). The highest BCUT2D eigenvalue weighted by Gasteiger charge is 2.37. The van der Waals surface area contributed by atoms with Crippen LogP contribution < -0.4 is 9.04 Å². The summed E-state index contributed by atoms with van der Waals surface area (Å²) < 4.78 is 76.5. The zero-order chi connectivity index (χ0) is 22.5. The third-order valence-corrected chi connectivity index (χ3v) is 5.77. The molecular weight excluding hydrogens is 453 g/mol. The molecule has 0 spiro atoms. The molecule has 0 radical (unpaired) electrons. The molecule has 4 heterocycles. The van der Waals surface area contributed by atoms with E-state index in [9.17, 15) is 22.0 Å². The molecule has 0 bridgehead atoms. The predicted molar refractivity (Wildman–Crippen MR) is 107 cm³/mol. The van der Waals surface area contributed by atoms with E-state index < -0.39 is 28.9 Å². The monoisotopic (exact) mass is 465 g/mol. The number of aromatic amines is 1. The first-order valence-corrected chi connectivity index (χ1v) is 10.0. The molecule has 0 fully saturated rings. The summed E-state index contributed by atoms with van der Waals surface area (Å²) in [7, 11) is 0. The van der Waals surface area contributed by atoms with Crippen LogP contribution in [0.15, 0.2) is 47.9 Å². The molecule has 0 saturated carbocycles. The van der Waals surface area contributed by atoms with E-state index >= 15 is 0 Å². The van der Waals surface area contributed by atoms with E-state index in [-0.39, 0.29) is 16.7 Å². The first-order chi connectivity index (χ1) is 15.3. The number of ether oxygens (including phenoxy) is 1. The predicted octanol–water partition coefficient (Wildman–Crippen LogP) is 5.22. The number of pyridine rings is 1. The Morgan fingerprint density at radius 1 is 1.09 bits per heavy atom. The lowest BCUT2D eigenvalue weighted by atomic mass is 10.0. The minimum absolute atomic E-state index is 0.0638. The fourth-order valence-corrected chi connectivity index (χ4v) is 4.39. The Hall–Kier alpha value is -3.41. The molecule has 0 aliphatic carbocycles. The van der Waals surface area contributed by atoms with Gasteiger partial charge < -0.3 is 14.0 Å². The molecule has 1 N–H and O–H groups in total. The van der Waals surface area contributed by atoms with Crippen molar-refractivity contribution in [3.63, 3.8) is 0 Å². The Morgan fingerprint density at radius 3 is 2.62 bits per heavy atom. The van der Waals surface area contributed by atoms with Crippen LogP contribution in [0.5, 0.6) is 5.88 Å². The second kappa shape index (κ2) is 7.62. The molecule has 32 heavy (non-hydrogen) atoms. The number of nitrogens with one attached hydrogen (secondary N) is 1. The van der Waals surface area contributed by atoms with Crippen molar-refractivity contribution in [2.75, 3.05) is 17.5 Å². The molecule has 12 heteroatoms. The molecular formula is C20H12F5N5OS. The Morgan fingerprint density at radius 2 is 1.88 bits per heavy atom. The van der Waals surface area contributed by atoms with Gasteiger partial charge in [0.25, 0.3) is 0 Å². The highest BCUT2D eigenvalue weighted by molar-refractivity contribution is 8.00. The third kappa shape index (κ3) is 3.60. The summed E-state index contributed by atoms with van der Waals surface area (Å²) in [6.07, 6.45) is -1.77. The van der Waals surface area contributed by atoms with Crippen molar-refractivity contribution in [1.29, 1.82) is 0 Å². The van der Waals surface area contributed by atoms with Crippen molar-refractivity contribution < 1.29 is 26.7 Å². The molecule has 0 saturated heterocycles. The summed E-state index contributed by atoms with van der Waals surface area (Å²) >= 11 is 1.17. The van der Waals surface area contributed by atoms with Gasteiger partial charge in [-0.15, -0.1) is 0 Å². The topological polar surface area (TPSA) is 66.9 Å². The van der Waals surface area contributed by atoms with Gasteiger partial charge in [0, 0.05) is 29.1 Å². The van der Waals surface area contributed by atoms with Crippen LogP contribution in [0.3, 0.4) is 0 Å². The number of fused-ring (bicyclic) bond motifs is 2. The van der Waals surface area contributed by atoms with Crippen LogP contribution in [-0.2, 0) is 6.18 Å². The number of nitrogens with zero attached hydrogens (tertiary/aromatic N) is 4. The molecule has 164 valence electrons. The van der Waals surface area contributed by atoms with Crippen LogP contribution in [0.1, 0.15) is 5.56 Å². The summed E-state index contributed by atoms with van der Waals surface area (Å²) in [6.45, 7) is 0.835. The van der Waals surface area contributed by atoms with Crippen LogP contribution in [0, 0.1) is 11.6 Å². The van der Waals surface area contributed by atoms with Crippen molar-refractivity contribution in [3.05, 3.63) is 60.1 Å². The van der Waals surface area contributed by atoms with Gasteiger partial charge in [0.15, 0.2) is 11.6 Å². The molecule has 6 nitrogen and oxygen atoms in total. The van der Waals surface area contributed by atoms with Gasteiger partial charge in [-0.05, 0) is 24.3 Å². The standard InChI is InChI=1S/C20H12F5N5OS/c21-10-8-27-18(28-9-10)16-11-6-15(29-17(11)13(22)7-12(16)20(23,24)25)32-30-4-5-31-19-14(30)2-1-3-26-19/h1-3,6-9,29H,4-5H2. The minimum atomic E-state index is -4.87. The number of H-pyrrole nitrogens is 1. The van der Waals surface area contributed by atoms with E-state index in [4.69, 9.17) is 4.74 Å². The Kier molecular flexibility index (Phi) is 4.88. The average molecular weight is 465 g/mol. The lowest BCUT2D eigenvalue weighted by Gasteiger charge is -2.28. The maximum atomic E-state index is 14.7. The van der Waals surface area contributed by atoms with Crippen molar-refractivity contribution in [3.8, 4) is 17.3 Å². The van der Waals surface area contributed by atoms with E-state index in [0.29, 0.717) is 35.8 Å². The van der Waals surface area contributed by atoms with Gasteiger partial charge in [0.2, 0.25) is 5.88 Å². The molecule has 1 aromatic carbocycles. The average Bonchev–Trinajstić information content (AvgIpc) is 3.18. The van der Waals surface area contributed by atoms with Crippen LogP contribution >= 0.6 is 11.9 Å². The molecule has 0 amide bonds. The Labute approximate surface area is 181 Å². The van der Waals surface area contributed by atoms with Crippen molar-refractivity contribution >= 4 is 28.5 Å². The maximum absolute atomic E-state index is 14.7. The smallest absolute Gasteiger partial charge is 0.417 e. The second-order valence-corrected chi connectivity index (χ2v) is 7.86. The van der Waals surface area contributed by atoms with Gasteiger partial charge in [-0.3, -0.25) is 0 Å². The lowest BCUT2D eigenvalue weighted by Crippen LogP contribution is -2.27. The van der Waals surface area contributed by atoms with Gasteiger partial charge in [-0.1, -0.05) is 0 Å². The van der Waals surface area contributed by atoms with Gasteiger partial charge in [-0.25, -0.2) is 23.7 Å². The Bertz CT molecular complexity index is 1310. The van der Waals surface area contributed by atoms with Crippen molar-refractivity contribution in [1.82, 2.24) is 19.9 Å². The van der Waals surface area contributed by atoms with Gasteiger partial charge in [0.05, 0.1) is 35.0 Å². The first-order valence-electron chi connectivity index (χ1n) is 9.25. The minimum Gasteiger partial charge on any atom is -0.474 e. The SMILES string of the molecule is Fc1cnc(-c2c(C(F)(F)F)cc(F)c3[nH]c(SN4CCOc5ncccc54)cc23)nc1. The number of benzene rings is 1. The second-order valence-electron chi connectivity index (χ2n) is 6.80. The van der Waals surface area contributed by atoms with Crippen LogP contribution in [0.2, 0.25) is 0 Å². The molecule has 1 aliphatic heterocycles. The summed E-state index contributed by atoms with van der Waals surface area (Å²) in [5.41, 5.74) is -1.13. The highest BCUT2D eigenvalue weighted by Crippen LogP contribution is 2.43. The van der Waals surface area contributed by atoms with Crippen LogP contribution in [-0.4, -0.2) is 33.1 Å². The zero-order valence-electron chi connectivity index (χ0n) is 16.0. The maximum Gasteiger partial charge on any atom is 0.417 e. The van der Waals surface area contributed by atoms with Crippen molar-refractivity contribution in [2.24, 2.45) is 0 Å². The van der Waals surface area contributed by atoms with E-state index in [2.05, 4.69) is 19.9 Å². The normalized spacial score (nSPS) is 13.8. The summed E-state index contributed by atoms with van der Waals surface area (Å²) in [5.74, 6) is -1.81. The lowest BCUT2D eigenvalue weighted by molar-refractivity contribution is -0.137. The number of halogens is 5.